The first kappa shape index (κ1) is 16.3. The third-order valence-electron chi connectivity index (χ3n) is 4.80. The topological polar surface area (TPSA) is 18.5 Å². The monoisotopic (exact) mass is 281 g/mol. The summed E-state index contributed by atoms with van der Waals surface area (Å²) in [5.41, 5.74) is 0.413. The first-order valence-electron chi connectivity index (χ1n) is 8.54. The van der Waals surface area contributed by atoms with E-state index in [-0.39, 0.29) is 0 Å². The summed E-state index contributed by atoms with van der Waals surface area (Å²) in [6, 6.07) is 1.41. The van der Waals surface area contributed by atoms with Gasteiger partial charge in [-0.3, -0.25) is 9.80 Å². The standard InChI is InChI=1S/C17H35N3/c1-14-10-19(13-17(3,4)5)11-15(2)20(14)12-16-6-8-18-9-7-16/h14-16,18H,6-13H2,1-5H3/t14-,15+. The zero-order chi connectivity index (χ0) is 14.8. The van der Waals surface area contributed by atoms with E-state index in [1.165, 1.54) is 52.1 Å². The van der Waals surface area contributed by atoms with Crippen molar-refractivity contribution in [1.29, 1.82) is 0 Å². The summed E-state index contributed by atoms with van der Waals surface area (Å²) >= 11 is 0. The second-order valence-electron chi connectivity index (χ2n) is 8.34. The zero-order valence-corrected chi connectivity index (χ0v) is 14.3. The Labute approximate surface area is 126 Å². The van der Waals surface area contributed by atoms with Gasteiger partial charge in [-0.15, -0.1) is 0 Å². The Bertz CT molecular complexity index is 279. The van der Waals surface area contributed by atoms with E-state index in [0.717, 1.165) is 5.92 Å². The molecule has 0 radical (unpaired) electrons. The average molecular weight is 281 g/mol. The van der Waals surface area contributed by atoms with Gasteiger partial charge in [0.25, 0.3) is 0 Å². The minimum absolute atomic E-state index is 0.413. The van der Waals surface area contributed by atoms with E-state index < -0.39 is 0 Å². The third kappa shape index (κ3) is 4.71. The van der Waals surface area contributed by atoms with Crippen LogP contribution < -0.4 is 5.32 Å². The van der Waals surface area contributed by atoms with E-state index >= 15 is 0 Å². The van der Waals surface area contributed by atoms with Crippen LogP contribution in [0.15, 0.2) is 0 Å². The first-order valence-corrected chi connectivity index (χ1v) is 8.54. The highest BCUT2D eigenvalue weighted by atomic mass is 15.3. The van der Waals surface area contributed by atoms with Crippen LogP contribution in [0.2, 0.25) is 0 Å². The van der Waals surface area contributed by atoms with Gasteiger partial charge < -0.3 is 5.32 Å². The second-order valence-corrected chi connectivity index (χ2v) is 8.34. The maximum Gasteiger partial charge on any atom is 0.0198 e. The van der Waals surface area contributed by atoms with Crippen LogP contribution in [-0.4, -0.2) is 61.2 Å². The number of nitrogens with zero attached hydrogens (tertiary/aromatic N) is 2. The van der Waals surface area contributed by atoms with Gasteiger partial charge in [-0.25, -0.2) is 0 Å². The Morgan fingerprint density at radius 1 is 1.00 bits per heavy atom. The smallest absolute Gasteiger partial charge is 0.0198 e. The molecule has 0 aromatic carbocycles. The van der Waals surface area contributed by atoms with Crippen molar-refractivity contribution in [2.24, 2.45) is 11.3 Å². The number of rotatable bonds is 3. The summed E-state index contributed by atoms with van der Waals surface area (Å²) in [7, 11) is 0. The molecule has 2 heterocycles. The largest absolute Gasteiger partial charge is 0.317 e. The molecule has 0 unspecified atom stereocenters. The SMILES string of the molecule is C[C@@H]1CN(CC(C)(C)C)C[C@H](C)N1CC1CCNCC1. The minimum atomic E-state index is 0.413. The molecule has 2 saturated heterocycles. The molecule has 0 saturated carbocycles. The van der Waals surface area contributed by atoms with Gasteiger partial charge in [0.1, 0.15) is 0 Å². The number of piperidine rings is 1. The maximum absolute atomic E-state index is 3.48. The fraction of sp³-hybridized carbons (Fsp3) is 1.00. The van der Waals surface area contributed by atoms with Gasteiger partial charge in [-0.05, 0) is 51.1 Å². The van der Waals surface area contributed by atoms with Crippen LogP contribution in [0.25, 0.3) is 0 Å². The van der Waals surface area contributed by atoms with Crippen molar-refractivity contribution >= 4 is 0 Å². The Balaban J connectivity index is 1.86. The fourth-order valence-electron chi connectivity index (χ4n) is 3.99. The highest BCUT2D eigenvalue weighted by Gasteiger charge is 2.32. The van der Waals surface area contributed by atoms with Crippen molar-refractivity contribution in [3.05, 3.63) is 0 Å². The van der Waals surface area contributed by atoms with E-state index in [0.29, 0.717) is 17.5 Å². The van der Waals surface area contributed by atoms with Gasteiger partial charge in [0.05, 0.1) is 0 Å². The van der Waals surface area contributed by atoms with Crippen molar-refractivity contribution in [3.8, 4) is 0 Å². The highest BCUT2D eigenvalue weighted by molar-refractivity contribution is 4.88. The molecule has 0 aromatic rings. The van der Waals surface area contributed by atoms with Crippen LogP contribution in [0.3, 0.4) is 0 Å². The van der Waals surface area contributed by atoms with Crippen LogP contribution in [0.4, 0.5) is 0 Å². The molecule has 0 bridgehead atoms. The molecule has 0 aromatic heterocycles. The van der Waals surface area contributed by atoms with E-state index in [4.69, 9.17) is 0 Å². The van der Waals surface area contributed by atoms with E-state index in [2.05, 4.69) is 49.7 Å². The van der Waals surface area contributed by atoms with Crippen molar-refractivity contribution < 1.29 is 0 Å². The van der Waals surface area contributed by atoms with Crippen LogP contribution in [0.1, 0.15) is 47.5 Å². The molecule has 2 rings (SSSR count). The summed E-state index contributed by atoms with van der Waals surface area (Å²) in [4.78, 5) is 5.45. The molecule has 3 heteroatoms. The number of nitrogens with one attached hydrogen (secondary N) is 1. The fourth-order valence-corrected chi connectivity index (χ4v) is 3.99. The van der Waals surface area contributed by atoms with Gasteiger partial charge in [0.15, 0.2) is 0 Å². The molecular weight excluding hydrogens is 246 g/mol. The molecule has 0 spiro atoms. The lowest BCUT2D eigenvalue weighted by atomic mass is 9.93. The molecule has 2 atom stereocenters. The lowest BCUT2D eigenvalue weighted by molar-refractivity contribution is 0.0112. The Hall–Kier alpha value is -0.120. The van der Waals surface area contributed by atoms with E-state index in [9.17, 15) is 0 Å². The summed E-state index contributed by atoms with van der Waals surface area (Å²) in [5.74, 6) is 0.912. The van der Waals surface area contributed by atoms with Crippen molar-refractivity contribution in [1.82, 2.24) is 15.1 Å². The van der Waals surface area contributed by atoms with Crippen LogP contribution in [-0.2, 0) is 0 Å². The Morgan fingerprint density at radius 3 is 2.05 bits per heavy atom. The molecule has 1 N–H and O–H groups in total. The predicted octanol–water partition coefficient (Wildman–Crippen LogP) is 2.43. The van der Waals surface area contributed by atoms with E-state index in [1.54, 1.807) is 0 Å². The molecule has 2 aliphatic rings. The molecule has 118 valence electrons. The van der Waals surface area contributed by atoms with Gasteiger partial charge >= 0.3 is 0 Å². The first-order chi connectivity index (χ1) is 9.35. The molecule has 3 nitrogen and oxygen atoms in total. The van der Waals surface area contributed by atoms with Crippen molar-refractivity contribution in [2.75, 3.05) is 39.3 Å². The quantitative estimate of drug-likeness (QED) is 0.857. The van der Waals surface area contributed by atoms with Gasteiger partial charge in [0.2, 0.25) is 0 Å². The lowest BCUT2D eigenvalue weighted by Gasteiger charge is -2.47. The predicted molar refractivity (Wildman–Crippen MR) is 87.1 cm³/mol. The summed E-state index contributed by atoms with van der Waals surface area (Å²) in [6.07, 6.45) is 2.73. The number of hydrogen-bond acceptors (Lipinski definition) is 3. The summed E-state index contributed by atoms with van der Waals surface area (Å²) in [5, 5.41) is 3.48. The third-order valence-corrected chi connectivity index (χ3v) is 4.80. The summed E-state index contributed by atoms with van der Waals surface area (Å²) < 4.78 is 0. The average Bonchev–Trinajstić information content (AvgIpc) is 2.33. The van der Waals surface area contributed by atoms with Gasteiger partial charge in [-0.1, -0.05) is 20.8 Å². The van der Waals surface area contributed by atoms with Crippen molar-refractivity contribution in [2.45, 2.75) is 59.5 Å². The lowest BCUT2D eigenvalue weighted by Crippen LogP contribution is -2.59. The Morgan fingerprint density at radius 2 is 1.55 bits per heavy atom. The van der Waals surface area contributed by atoms with E-state index in [1.807, 2.05) is 0 Å². The summed E-state index contributed by atoms with van der Waals surface area (Å²) in [6.45, 7) is 19.4. The Kier molecular flexibility index (Phi) is 5.49. The van der Waals surface area contributed by atoms with Gasteiger partial charge in [-0.2, -0.15) is 0 Å². The molecule has 0 aliphatic carbocycles. The van der Waals surface area contributed by atoms with Crippen LogP contribution in [0.5, 0.6) is 0 Å². The highest BCUT2D eigenvalue weighted by Crippen LogP contribution is 2.24. The maximum atomic E-state index is 3.48. The molecule has 2 fully saturated rings. The number of piperazine rings is 1. The molecule has 0 amide bonds. The molecular formula is C17H35N3. The minimum Gasteiger partial charge on any atom is -0.317 e. The second kappa shape index (κ2) is 6.76. The van der Waals surface area contributed by atoms with Crippen molar-refractivity contribution in [3.63, 3.8) is 0 Å². The molecule has 2 aliphatic heterocycles. The van der Waals surface area contributed by atoms with Crippen LogP contribution >= 0.6 is 0 Å². The molecule has 20 heavy (non-hydrogen) atoms. The zero-order valence-electron chi connectivity index (χ0n) is 14.3. The van der Waals surface area contributed by atoms with Gasteiger partial charge in [0, 0.05) is 38.3 Å². The van der Waals surface area contributed by atoms with Crippen LogP contribution in [0, 0.1) is 11.3 Å². The number of hydrogen-bond donors (Lipinski definition) is 1. The normalized spacial score (nSPS) is 31.6.